The van der Waals surface area contributed by atoms with Gasteiger partial charge in [0.15, 0.2) is 0 Å². The summed E-state index contributed by atoms with van der Waals surface area (Å²) in [5, 5.41) is 0. The Morgan fingerprint density at radius 3 is 2.65 bits per heavy atom. The van der Waals surface area contributed by atoms with Crippen LogP contribution >= 0.6 is 15.9 Å². The Kier molecular flexibility index (Phi) is 4.12. The van der Waals surface area contributed by atoms with Gasteiger partial charge in [-0.1, -0.05) is 22.0 Å². The van der Waals surface area contributed by atoms with Gasteiger partial charge in [0.25, 0.3) is 0 Å². The average molecular weight is 293 g/mol. The Morgan fingerprint density at radius 1 is 1.18 bits per heavy atom. The summed E-state index contributed by atoms with van der Waals surface area (Å²) in [6.45, 7) is 0.919. The Hall–Kier alpha value is -1.39. The summed E-state index contributed by atoms with van der Waals surface area (Å²) in [6, 6.07) is 11.6. The maximum Gasteiger partial charge on any atom is 0.131 e. The standard InChI is InChI=1S/C13H13BrN2O/c14-11-3-5-12(6-4-11)17-9-13-10(8-15)2-1-7-16-13/h1-7H,8-9,15H2. The maximum atomic E-state index is 5.65. The van der Waals surface area contributed by atoms with Gasteiger partial charge in [-0.3, -0.25) is 4.98 Å². The maximum absolute atomic E-state index is 5.65. The Morgan fingerprint density at radius 2 is 1.94 bits per heavy atom. The fourth-order valence-corrected chi connectivity index (χ4v) is 1.73. The van der Waals surface area contributed by atoms with Gasteiger partial charge >= 0.3 is 0 Å². The van der Waals surface area contributed by atoms with Crippen LogP contribution in [-0.2, 0) is 13.2 Å². The van der Waals surface area contributed by atoms with Gasteiger partial charge in [-0.15, -0.1) is 0 Å². The van der Waals surface area contributed by atoms with Gasteiger partial charge in [-0.05, 0) is 35.9 Å². The number of hydrogen-bond acceptors (Lipinski definition) is 3. The molecule has 0 aliphatic rings. The molecule has 0 aliphatic carbocycles. The van der Waals surface area contributed by atoms with Crippen molar-refractivity contribution in [3.63, 3.8) is 0 Å². The number of aromatic nitrogens is 1. The van der Waals surface area contributed by atoms with Gasteiger partial charge in [0, 0.05) is 17.2 Å². The van der Waals surface area contributed by atoms with E-state index >= 15 is 0 Å². The quantitative estimate of drug-likeness (QED) is 0.943. The monoisotopic (exact) mass is 292 g/mol. The zero-order chi connectivity index (χ0) is 12.1. The van der Waals surface area contributed by atoms with Crippen LogP contribution in [0.5, 0.6) is 5.75 Å². The van der Waals surface area contributed by atoms with Crippen molar-refractivity contribution in [3.05, 3.63) is 58.3 Å². The zero-order valence-electron chi connectivity index (χ0n) is 9.27. The number of ether oxygens (including phenoxy) is 1. The normalized spacial score (nSPS) is 10.2. The lowest BCUT2D eigenvalue weighted by Gasteiger charge is -2.08. The second kappa shape index (κ2) is 5.80. The van der Waals surface area contributed by atoms with E-state index in [1.54, 1.807) is 6.20 Å². The first-order chi connectivity index (χ1) is 8.29. The summed E-state index contributed by atoms with van der Waals surface area (Å²) in [6.07, 6.45) is 1.75. The van der Waals surface area contributed by atoms with Gasteiger partial charge in [0.1, 0.15) is 12.4 Å². The molecule has 4 heteroatoms. The molecule has 2 rings (SSSR count). The summed E-state index contributed by atoms with van der Waals surface area (Å²) in [5.41, 5.74) is 7.54. The summed E-state index contributed by atoms with van der Waals surface area (Å²) >= 11 is 3.38. The van der Waals surface area contributed by atoms with Gasteiger partial charge < -0.3 is 10.5 Å². The third-order valence-corrected chi connectivity index (χ3v) is 2.92. The number of hydrogen-bond donors (Lipinski definition) is 1. The van der Waals surface area contributed by atoms with Crippen molar-refractivity contribution in [1.82, 2.24) is 4.98 Å². The fourth-order valence-electron chi connectivity index (χ4n) is 1.47. The summed E-state index contributed by atoms with van der Waals surface area (Å²) in [4.78, 5) is 4.27. The minimum Gasteiger partial charge on any atom is -0.487 e. The highest BCUT2D eigenvalue weighted by Crippen LogP contribution is 2.17. The molecule has 2 N–H and O–H groups in total. The lowest BCUT2D eigenvalue weighted by atomic mass is 10.2. The first-order valence-electron chi connectivity index (χ1n) is 5.31. The number of nitrogens with zero attached hydrogens (tertiary/aromatic N) is 1. The van der Waals surface area contributed by atoms with E-state index in [9.17, 15) is 0 Å². The van der Waals surface area contributed by atoms with E-state index in [0.29, 0.717) is 13.2 Å². The number of rotatable bonds is 4. The highest BCUT2D eigenvalue weighted by Gasteiger charge is 2.02. The topological polar surface area (TPSA) is 48.1 Å². The van der Waals surface area contributed by atoms with Crippen LogP contribution in [-0.4, -0.2) is 4.98 Å². The van der Waals surface area contributed by atoms with E-state index in [2.05, 4.69) is 20.9 Å². The number of benzene rings is 1. The van der Waals surface area contributed by atoms with Crippen LogP contribution in [0.15, 0.2) is 47.1 Å². The van der Waals surface area contributed by atoms with Crippen molar-refractivity contribution < 1.29 is 4.74 Å². The van der Waals surface area contributed by atoms with Crippen molar-refractivity contribution >= 4 is 15.9 Å². The van der Waals surface area contributed by atoms with Crippen LogP contribution in [0.1, 0.15) is 11.3 Å². The fraction of sp³-hybridized carbons (Fsp3) is 0.154. The molecule has 1 heterocycles. The predicted octanol–water partition coefficient (Wildman–Crippen LogP) is 2.88. The lowest BCUT2D eigenvalue weighted by Crippen LogP contribution is -2.06. The third-order valence-electron chi connectivity index (χ3n) is 2.39. The minimum absolute atomic E-state index is 0.439. The Balaban J connectivity index is 2.04. The molecular weight excluding hydrogens is 280 g/mol. The number of halogens is 1. The van der Waals surface area contributed by atoms with Gasteiger partial charge in [0.2, 0.25) is 0 Å². The molecule has 17 heavy (non-hydrogen) atoms. The molecule has 1 aromatic heterocycles. The highest BCUT2D eigenvalue weighted by atomic mass is 79.9. The zero-order valence-corrected chi connectivity index (χ0v) is 10.9. The second-order valence-corrected chi connectivity index (χ2v) is 4.47. The van der Waals surface area contributed by atoms with E-state index in [-0.39, 0.29) is 0 Å². The molecule has 0 saturated carbocycles. The molecule has 0 bridgehead atoms. The van der Waals surface area contributed by atoms with E-state index < -0.39 is 0 Å². The SMILES string of the molecule is NCc1cccnc1COc1ccc(Br)cc1. The summed E-state index contributed by atoms with van der Waals surface area (Å²) in [5.74, 6) is 0.821. The largest absolute Gasteiger partial charge is 0.487 e. The molecule has 2 aromatic rings. The highest BCUT2D eigenvalue weighted by molar-refractivity contribution is 9.10. The first kappa shape index (κ1) is 12.1. The molecule has 88 valence electrons. The summed E-state index contributed by atoms with van der Waals surface area (Å²) < 4.78 is 6.68. The van der Waals surface area contributed by atoms with Gasteiger partial charge in [0.05, 0.1) is 5.69 Å². The van der Waals surface area contributed by atoms with Crippen LogP contribution in [0.25, 0.3) is 0 Å². The van der Waals surface area contributed by atoms with E-state index in [1.165, 1.54) is 0 Å². The molecule has 0 radical (unpaired) electrons. The smallest absolute Gasteiger partial charge is 0.131 e. The first-order valence-corrected chi connectivity index (χ1v) is 6.10. The molecule has 0 saturated heterocycles. The summed E-state index contributed by atoms with van der Waals surface area (Å²) in [7, 11) is 0. The van der Waals surface area contributed by atoms with Crippen molar-refractivity contribution in [2.24, 2.45) is 5.73 Å². The molecule has 0 fully saturated rings. The molecular formula is C13H13BrN2O. The van der Waals surface area contributed by atoms with Crippen LogP contribution in [0.4, 0.5) is 0 Å². The third kappa shape index (κ3) is 3.28. The van der Waals surface area contributed by atoms with Crippen molar-refractivity contribution in [2.45, 2.75) is 13.2 Å². The Labute approximate surface area is 109 Å². The molecule has 0 atom stereocenters. The van der Waals surface area contributed by atoms with Crippen LogP contribution in [0.3, 0.4) is 0 Å². The average Bonchev–Trinajstić information content (AvgIpc) is 2.38. The lowest BCUT2D eigenvalue weighted by molar-refractivity contribution is 0.300. The van der Waals surface area contributed by atoms with Gasteiger partial charge in [-0.25, -0.2) is 0 Å². The van der Waals surface area contributed by atoms with Crippen molar-refractivity contribution in [1.29, 1.82) is 0 Å². The molecule has 1 aromatic carbocycles. The van der Waals surface area contributed by atoms with E-state index in [4.69, 9.17) is 10.5 Å². The molecule has 0 amide bonds. The van der Waals surface area contributed by atoms with Crippen molar-refractivity contribution in [3.8, 4) is 5.75 Å². The second-order valence-electron chi connectivity index (χ2n) is 3.56. The van der Waals surface area contributed by atoms with E-state index in [0.717, 1.165) is 21.5 Å². The van der Waals surface area contributed by atoms with Crippen molar-refractivity contribution in [2.75, 3.05) is 0 Å². The molecule has 0 spiro atoms. The van der Waals surface area contributed by atoms with Crippen LogP contribution < -0.4 is 10.5 Å². The van der Waals surface area contributed by atoms with Crippen LogP contribution in [0, 0.1) is 0 Å². The van der Waals surface area contributed by atoms with E-state index in [1.807, 2.05) is 36.4 Å². The molecule has 0 aliphatic heterocycles. The Bertz CT molecular complexity index is 485. The molecule has 0 unspecified atom stereocenters. The number of pyridine rings is 1. The molecule has 3 nitrogen and oxygen atoms in total. The predicted molar refractivity (Wildman–Crippen MR) is 70.6 cm³/mol. The van der Waals surface area contributed by atoms with Gasteiger partial charge in [-0.2, -0.15) is 0 Å². The van der Waals surface area contributed by atoms with Crippen LogP contribution in [0.2, 0.25) is 0 Å². The minimum atomic E-state index is 0.439. The number of nitrogens with two attached hydrogens (primary N) is 1.